The lowest BCUT2D eigenvalue weighted by atomic mass is 9.97. The molecular formula is C32H34F4N4O5S. The largest absolute Gasteiger partial charge is 0.466 e. The number of alkyl halides is 3. The van der Waals surface area contributed by atoms with Gasteiger partial charge in [0, 0.05) is 37.3 Å². The van der Waals surface area contributed by atoms with Gasteiger partial charge in [-0.25, -0.2) is 22.8 Å². The van der Waals surface area contributed by atoms with Gasteiger partial charge >= 0.3 is 12.1 Å². The predicted molar refractivity (Wildman–Crippen MR) is 161 cm³/mol. The van der Waals surface area contributed by atoms with Gasteiger partial charge in [0.25, 0.3) is 0 Å². The molecule has 2 aromatic carbocycles. The maximum absolute atomic E-state index is 13.4. The van der Waals surface area contributed by atoms with Gasteiger partial charge in [-0.05, 0) is 81.5 Å². The number of esters is 1. The number of hydrogen-bond donors (Lipinski definition) is 0. The molecule has 0 radical (unpaired) electrons. The standard InChI is InChI=1S/C32H34F4N4O5S/c1-2-45-30(42)22-15-18-39(19-16-22)31-37-25(20-27(38-31)21-5-7-23(8-6-21)32(34,35)36)11-14-29(41)28-4-3-17-40(28)46(43,44)26-12-9-24(33)10-13-26/h5-10,12-13,20,22,28H,2-4,11,14-19H2,1H3/t28-/m0/s1. The second-order valence-corrected chi connectivity index (χ2v) is 13.2. The number of aromatic nitrogens is 2. The number of Topliss-reactive ketones (excluding diaryl/α,β-unsaturated/α-hetero) is 1. The molecule has 3 heterocycles. The van der Waals surface area contributed by atoms with Crippen molar-refractivity contribution in [3.8, 4) is 11.3 Å². The van der Waals surface area contributed by atoms with Crippen LogP contribution in [0.1, 0.15) is 50.3 Å². The Morgan fingerprint density at radius 2 is 1.63 bits per heavy atom. The average molecular weight is 663 g/mol. The van der Waals surface area contributed by atoms with E-state index in [2.05, 4.69) is 9.97 Å². The number of carbonyl (C=O) groups excluding carboxylic acids is 2. The van der Waals surface area contributed by atoms with E-state index < -0.39 is 33.6 Å². The summed E-state index contributed by atoms with van der Waals surface area (Å²) in [7, 11) is -4.02. The lowest BCUT2D eigenvalue weighted by Gasteiger charge is -2.31. The summed E-state index contributed by atoms with van der Waals surface area (Å²) in [6.45, 7) is 3.10. The maximum Gasteiger partial charge on any atom is 0.416 e. The Morgan fingerprint density at radius 1 is 0.957 bits per heavy atom. The molecule has 0 aliphatic carbocycles. The smallest absolute Gasteiger partial charge is 0.416 e. The molecule has 0 N–H and O–H groups in total. The molecule has 1 aromatic heterocycles. The molecule has 3 aromatic rings. The highest BCUT2D eigenvalue weighted by Crippen LogP contribution is 2.32. The minimum absolute atomic E-state index is 0.0338. The number of benzene rings is 2. The van der Waals surface area contributed by atoms with E-state index in [9.17, 15) is 35.6 Å². The SMILES string of the molecule is CCOC(=O)C1CCN(c2nc(CCC(=O)[C@@H]3CCCN3S(=O)(=O)c3ccc(F)cc3)cc(-c3ccc(C(F)(F)F)cc3)n2)CC1. The molecule has 0 spiro atoms. The van der Waals surface area contributed by atoms with E-state index in [-0.39, 0.29) is 48.6 Å². The molecule has 0 bridgehead atoms. The summed E-state index contributed by atoms with van der Waals surface area (Å²) in [5.41, 5.74) is 0.467. The average Bonchev–Trinajstić information content (AvgIpc) is 3.55. The van der Waals surface area contributed by atoms with E-state index in [1.807, 2.05) is 4.90 Å². The van der Waals surface area contributed by atoms with Crippen LogP contribution in [0.5, 0.6) is 0 Å². The highest BCUT2D eigenvalue weighted by Gasteiger charge is 2.39. The third-order valence-electron chi connectivity index (χ3n) is 8.30. The fourth-order valence-electron chi connectivity index (χ4n) is 5.82. The van der Waals surface area contributed by atoms with Gasteiger partial charge in [-0.2, -0.15) is 17.5 Å². The van der Waals surface area contributed by atoms with Gasteiger partial charge in [0.05, 0.1) is 34.7 Å². The maximum atomic E-state index is 13.4. The Morgan fingerprint density at radius 3 is 2.26 bits per heavy atom. The van der Waals surface area contributed by atoms with Crippen molar-refractivity contribution in [3.05, 3.63) is 71.7 Å². The number of ketones is 1. The van der Waals surface area contributed by atoms with E-state index in [1.165, 1.54) is 24.3 Å². The monoisotopic (exact) mass is 662 g/mol. The fraction of sp³-hybridized carbons (Fsp3) is 0.438. The molecule has 0 amide bonds. The topological polar surface area (TPSA) is 110 Å². The number of carbonyl (C=O) groups is 2. The Labute approximate surface area is 264 Å². The van der Waals surface area contributed by atoms with Crippen LogP contribution < -0.4 is 4.90 Å². The van der Waals surface area contributed by atoms with Gasteiger partial charge in [-0.15, -0.1) is 0 Å². The summed E-state index contributed by atoms with van der Waals surface area (Å²) in [4.78, 5) is 36.7. The summed E-state index contributed by atoms with van der Waals surface area (Å²) in [6.07, 6.45) is -2.52. The first-order chi connectivity index (χ1) is 21.9. The summed E-state index contributed by atoms with van der Waals surface area (Å²) in [5.74, 6) is -1.07. The van der Waals surface area contributed by atoms with Crippen LogP contribution in [0, 0.1) is 11.7 Å². The number of sulfonamides is 1. The Hall–Kier alpha value is -3.91. The van der Waals surface area contributed by atoms with Gasteiger partial charge < -0.3 is 9.64 Å². The summed E-state index contributed by atoms with van der Waals surface area (Å²) < 4.78 is 85.8. The van der Waals surface area contributed by atoms with E-state index in [1.54, 1.807) is 13.0 Å². The summed E-state index contributed by atoms with van der Waals surface area (Å²) in [5, 5.41) is 0. The Balaban J connectivity index is 1.36. The second kappa shape index (κ2) is 13.8. The van der Waals surface area contributed by atoms with E-state index in [0.29, 0.717) is 61.7 Å². The predicted octanol–water partition coefficient (Wildman–Crippen LogP) is 5.44. The first-order valence-corrected chi connectivity index (χ1v) is 16.6. The second-order valence-electron chi connectivity index (χ2n) is 11.3. The third kappa shape index (κ3) is 7.55. The van der Waals surface area contributed by atoms with Crippen LogP contribution in [0.25, 0.3) is 11.3 Å². The van der Waals surface area contributed by atoms with Crippen molar-refractivity contribution >= 4 is 27.7 Å². The Bertz CT molecular complexity index is 1660. The molecule has 9 nitrogen and oxygen atoms in total. The highest BCUT2D eigenvalue weighted by atomic mass is 32.2. The highest BCUT2D eigenvalue weighted by molar-refractivity contribution is 7.89. The molecule has 246 valence electrons. The molecule has 2 fully saturated rings. The third-order valence-corrected chi connectivity index (χ3v) is 10.2. The molecule has 1 atom stereocenters. The fourth-order valence-corrected chi connectivity index (χ4v) is 7.49. The molecule has 46 heavy (non-hydrogen) atoms. The molecule has 5 rings (SSSR count). The normalized spacial score (nSPS) is 18.1. The number of anilines is 1. The lowest BCUT2D eigenvalue weighted by molar-refractivity contribution is -0.148. The van der Waals surface area contributed by atoms with Crippen LogP contribution in [0.4, 0.5) is 23.5 Å². The van der Waals surface area contributed by atoms with Gasteiger partial charge in [-0.3, -0.25) is 9.59 Å². The van der Waals surface area contributed by atoms with E-state index in [4.69, 9.17) is 4.74 Å². The molecule has 0 saturated carbocycles. The number of hydrogen-bond acceptors (Lipinski definition) is 8. The van der Waals surface area contributed by atoms with Crippen LogP contribution >= 0.6 is 0 Å². The van der Waals surface area contributed by atoms with Crippen LogP contribution in [-0.2, 0) is 36.9 Å². The van der Waals surface area contributed by atoms with Crippen molar-refractivity contribution in [2.45, 2.75) is 62.6 Å². The van der Waals surface area contributed by atoms with Crippen LogP contribution in [0.3, 0.4) is 0 Å². The molecule has 14 heteroatoms. The van der Waals surface area contributed by atoms with Crippen molar-refractivity contribution in [3.63, 3.8) is 0 Å². The van der Waals surface area contributed by atoms with Crippen molar-refractivity contribution in [2.24, 2.45) is 5.92 Å². The molecule has 2 aliphatic heterocycles. The Kier molecular flexibility index (Phi) is 10.1. The van der Waals surface area contributed by atoms with E-state index >= 15 is 0 Å². The van der Waals surface area contributed by atoms with Crippen LogP contribution in [0.2, 0.25) is 0 Å². The zero-order valence-corrected chi connectivity index (χ0v) is 26.0. The van der Waals surface area contributed by atoms with Crippen molar-refractivity contribution in [1.29, 1.82) is 0 Å². The molecule has 2 saturated heterocycles. The quantitative estimate of drug-likeness (QED) is 0.209. The first-order valence-electron chi connectivity index (χ1n) is 15.1. The number of piperidine rings is 1. The zero-order chi connectivity index (χ0) is 33.1. The zero-order valence-electron chi connectivity index (χ0n) is 25.2. The van der Waals surface area contributed by atoms with E-state index in [0.717, 1.165) is 28.6 Å². The van der Waals surface area contributed by atoms with Gasteiger partial charge in [-0.1, -0.05) is 12.1 Å². The van der Waals surface area contributed by atoms with Gasteiger partial charge in [0.15, 0.2) is 5.78 Å². The minimum atomic E-state index is -4.50. The lowest BCUT2D eigenvalue weighted by Crippen LogP contribution is -2.40. The molecular weight excluding hydrogens is 628 g/mol. The minimum Gasteiger partial charge on any atom is -0.466 e. The molecule has 0 unspecified atom stereocenters. The van der Waals surface area contributed by atoms with Crippen LogP contribution in [0.15, 0.2) is 59.5 Å². The van der Waals surface area contributed by atoms with Gasteiger partial charge in [0.2, 0.25) is 16.0 Å². The number of aryl methyl sites for hydroxylation is 1. The van der Waals surface area contributed by atoms with Crippen LogP contribution in [-0.4, -0.2) is 66.7 Å². The van der Waals surface area contributed by atoms with Crippen molar-refractivity contribution < 1.29 is 40.3 Å². The number of rotatable bonds is 10. The molecule has 2 aliphatic rings. The number of nitrogens with zero attached hydrogens (tertiary/aromatic N) is 4. The summed E-state index contributed by atoms with van der Waals surface area (Å²) in [6, 6.07) is 9.79. The first kappa shape index (κ1) is 33.5. The number of halogens is 4. The number of ether oxygens (including phenoxy) is 1. The summed E-state index contributed by atoms with van der Waals surface area (Å²) >= 11 is 0. The van der Waals surface area contributed by atoms with Crippen molar-refractivity contribution in [1.82, 2.24) is 14.3 Å². The van der Waals surface area contributed by atoms with Gasteiger partial charge in [0.1, 0.15) is 5.82 Å². The van der Waals surface area contributed by atoms with Crippen molar-refractivity contribution in [2.75, 3.05) is 31.1 Å².